The summed E-state index contributed by atoms with van der Waals surface area (Å²) in [5, 5.41) is 0. The summed E-state index contributed by atoms with van der Waals surface area (Å²) in [5.74, 6) is 0. The monoisotopic (exact) mass is 336 g/mol. The highest BCUT2D eigenvalue weighted by Crippen LogP contribution is 2.25. The quantitative estimate of drug-likeness (QED) is 0.165. The molecule has 0 aromatic rings. The largest absolute Gasteiger partial charge is 0.300 e. The number of carbonyl (C=O) groups excluding carboxylic acids is 1. The van der Waals surface area contributed by atoms with E-state index in [1.54, 1.807) is 0 Å². The summed E-state index contributed by atoms with van der Waals surface area (Å²) in [5.41, 5.74) is 0. The Morgan fingerprint density at radius 3 is 1.33 bits per heavy atom. The zero-order valence-corrected chi connectivity index (χ0v) is 15.4. The van der Waals surface area contributed by atoms with Crippen molar-refractivity contribution in [2.75, 3.05) is 0 Å². The summed E-state index contributed by atoms with van der Waals surface area (Å²) in [7, 11) is 0. The van der Waals surface area contributed by atoms with Crippen molar-refractivity contribution in [2.45, 2.75) is 108 Å². The van der Waals surface area contributed by atoms with Gasteiger partial charge in [0.25, 0.3) is 0 Å². The number of halogens is 2. The van der Waals surface area contributed by atoms with Crippen LogP contribution in [-0.4, -0.2) is 10.6 Å². The second-order valence-corrected chi connectivity index (χ2v) is 7.77. The van der Waals surface area contributed by atoms with E-state index in [1.165, 1.54) is 77.0 Å². The van der Waals surface area contributed by atoms with E-state index in [0.29, 0.717) is 12.7 Å². The third-order valence-corrected chi connectivity index (χ3v) is 4.59. The first-order valence-corrected chi connectivity index (χ1v) is 9.72. The van der Waals surface area contributed by atoms with Crippen LogP contribution >= 0.6 is 23.2 Å². The molecule has 0 amide bonds. The molecule has 0 rings (SSSR count). The van der Waals surface area contributed by atoms with Crippen LogP contribution < -0.4 is 0 Å². The van der Waals surface area contributed by atoms with E-state index in [4.69, 9.17) is 23.2 Å². The maximum absolute atomic E-state index is 10.5. The molecule has 3 heteroatoms. The van der Waals surface area contributed by atoms with E-state index in [-0.39, 0.29) is 0 Å². The number of unbranched alkanes of at least 4 members (excludes halogenated alkanes) is 13. The van der Waals surface area contributed by atoms with Crippen LogP contribution in [-0.2, 0) is 4.79 Å². The maximum Gasteiger partial charge on any atom is 0.172 e. The second-order valence-electron chi connectivity index (χ2n) is 6.23. The summed E-state index contributed by atoms with van der Waals surface area (Å²) in [6.45, 7) is 2.27. The minimum atomic E-state index is -1.16. The molecule has 0 fully saturated rings. The average Bonchev–Trinajstić information content (AvgIpc) is 2.47. The normalized spacial score (nSPS) is 11.8. The van der Waals surface area contributed by atoms with Gasteiger partial charge in [0.15, 0.2) is 10.6 Å². The SMILES string of the molecule is CCCCCCCCCCCCCCCCC(Cl)(Cl)C=O. The van der Waals surface area contributed by atoms with Gasteiger partial charge in [-0.2, -0.15) is 0 Å². The average molecular weight is 337 g/mol. The first-order valence-electron chi connectivity index (χ1n) is 8.96. The lowest BCUT2D eigenvalue weighted by Crippen LogP contribution is -2.13. The molecule has 0 atom stereocenters. The minimum absolute atomic E-state index is 0.581. The van der Waals surface area contributed by atoms with E-state index in [9.17, 15) is 4.79 Å². The summed E-state index contributed by atoms with van der Waals surface area (Å²) in [6, 6.07) is 0. The maximum atomic E-state index is 10.5. The summed E-state index contributed by atoms with van der Waals surface area (Å²) < 4.78 is -1.16. The number of hydrogen-bond acceptors (Lipinski definition) is 1. The fourth-order valence-electron chi connectivity index (χ4n) is 2.61. The van der Waals surface area contributed by atoms with E-state index < -0.39 is 4.33 Å². The lowest BCUT2D eigenvalue weighted by molar-refractivity contribution is -0.108. The molecule has 21 heavy (non-hydrogen) atoms. The summed E-state index contributed by atoms with van der Waals surface area (Å²) in [6.07, 6.45) is 19.8. The first kappa shape index (κ1) is 21.2. The Morgan fingerprint density at radius 1 is 0.667 bits per heavy atom. The van der Waals surface area contributed by atoms with Crippen LogP contribution in [0.25, 0.3) is 0 Å². The predicted molar refractivity (Wildman–Crippen MR) is 95.4 cm³/mol. The Balaban J connectivity index is 3.08. The highest BCUT2D eigenvalue weighted by molar-refractivity contribution is 6.55. The number of rotatable bonds is 16. The molecule has 0 aliphatic rings. The molecule has 0 radical (unpaired) electrons. The first-order chi connectivity index (χ1) is 10.1. The van der Waals surface area contributed by atoms with Crippen molar-refractivity contribution in [3.63, 3.8) is 0 Å². The molecule has 0 heterocycles. The smallest absolute Gasteiger partial charge is 0.172 e. The van der Waals surface area contributed by atoms with Crippen molar-refractivity contribution in [3.8, 4) is 0 Å². The zero-order chi connectivity index (χ0) is 15.8. The van der Waals surface area contributed by atoms with Crippen molar-refractivity contribution in [1.82, 2.24) is 0 Å². The standard InChI is InChI=1S/C18H34Cl2O/c1-2-3-4-5-6-7-8-9-10-11-12-13-14-15-16-18(19,20)17-21/h17H,2-16H2,1H3. The topological polar surface area (TPSA) is 17.1 Å². The second kappa shape index (κ2) is 15.2. The van der Waals surface area contributed by atoms with Crippen LogP contribution in [0, 0.1) is 0 Å². The summed E-state index contributed by atoms with van der Waals surface area (Å²) >= 11 is 11.5. The molecular weight excluding hydrogens is 303 g/mol. The molecular formula is C18H34Cl2O. The van der Waals surface area contributed by atoms with Gasteiger partial charge >= 0.3 is 0 Å². The van der Waals surface area contributed by atoms with Gasteiger partial charge < -0.3 is 4.79 Å². The third-order valence-electron chi connectivity index (χ3n) is 4.04. The van der Waals surface area contributed by atoms with E-state index in [0.717, 1.165) is 12.8 Å². The lowest BCUT2D eigenvalue weighted by Gasteiger charge is -2.10. The Bertz CT molecular complexity index is 229. The van der Waals surface area contributed by atoms with Gasteiger partial charge in [0, 0.05) is 0 Å². The van der Waals surface area contributed by atoms with Gasteiger partial charge in [-0.15, -0.1) is 0 Å². The lowest BCUT2D eigenvalue weighted by atomic mass is 10.0. The van der Waals surface area contributed by atoms with Crippen LogP contribution in [0.4, 0.5) is 0 Å². The molecule has 0 saturated heterocycles. The van der Waals surface area contributed by atoms with Gasteiger partial charge in [-0.05, 0) is 6.42 Å². The van der Waals surface area contributed by atoms with Gasteiger partial charge in [0.05, 0.1) is 0 Å². The Morgan fingerprint density at radius 2 is 1.00 bits per heavy atom. The molecule has 1 nitrogen and oxygen atoms in total. The molecule has 0 aromatic heterocycles. The molecule has 0 unspecified atom stereocenters. The number of hydrogen-bond donors (Lipinski definition) is 0. The molecule has 0 aliphatic carbocycles. The molecule has 0 aromatic carbocycles. The highest BCUT2D eigenvalue weighted by atomic mass is 35.5. The number of alkyl halides is 2. The van der Waals surface area contributed by atoms with Crippen molar-refractivity contribution < 1.29 is 4.79 Å². The van der Waals surface area contributed by atoms with E-state index in [2.05, 4.69) is 6.92 Å². The molecule has 0 aliphatic heterocycles. The Hall–Kier alpha value is 0.250. The molecule has 0 spiro atoms. The van der Waals surface area contributed by atoms with Gasteiger partial charge in [0.1, 0.15) is 0 Å². The molecule has 0 saturated carbocycles. The minimum Gasteiger partial charge on any atom is -0.300 e. The predicted octanol–water partition coefficient (Wildman–Crippen LogP) is 7.23. The van der Waals surface area contributed by atoms with E-state index in [1.807, 2.05) is 0 Å². The van der Waals surface area contributed by atoms with Crippen LogP contribution in [0.1, 0.15) is 103 Å². The molecule has 126 valence electrons. The molecule has 0 N–H and O–H groups in total. The fourth-order valence-corrected chi connectivity index (χ4v) is 2.88. The van der Waals surface area contributed by atoms with Crippen LogP contribution in [0.2, 0.25) is 0 Å². The van der Waals surface area contributed by atoms with Crippen molar-refractivity contribution in [3.05, 3.63) is 0 Å². The zero-order valence-electron chi connectivity index (χ0n) is 13.8. The van der Waals surface area contributed by atoms with Crippen LogP contribution in [0.5, 0.6) is 0 Å². The summed E-state index contributed by atoms with van der Waals surface area (Å²) in [4.78, 5) is 10.5. The van der Waals surface area contributed by atoms with Gasteiger partial charge in [-0.25, -0.2) is 0 Å². The van der Waals surface area contributed by atoms with E-state index >= 15 is 0 Å². The van der Waals surface area contributed by atoms with Gasteiger partial charge in [-0.3, -0.25) is 0 Å². The third kappa shape index (κ3) is 16.4. The Labute approximate surface area is 142 Å². The van der Waals surface area contributed by atoms with Crippen molar-refractivity contribution >= 4 is 29.5 Å². The van der Waals surface area contributed by atoms with Crippen LogP contribution in [0.15, 0.2) is 0 Å². The molecule has 0 bridgehead atoms. The van der Waals surface area contributed by atoms with Crippen LogP contribution in [0.3, 0.4) is 0 Å². The van der Waals surface area contributed by atoms with Crippen molar-refractivity contribution in [1.29, 1.82) is 0 Å². The van der Waals surface area contributed by atoms with Gasteiger partial charge in [0.2, 0.25) is 0 Å². The number of carbonyl (C=O) groups is 1. The highest BCUT2D eigenvalue weighted by Gasteiger charge is 2.21. The fraction of sp³-hybridized carbons (Fsp3) is 0.944. The van der Waals surface area contributed by atoms with Gasteiger partial charge in [-0.1, -0.05) is 120 Å². The number of aldehydes is 1. The van der Waals surface area contributed by atoms with Crippen molar-refractivity contribution in [2.24, 2.45) is 0 Å². The Kier molecular flexibility index (Phi) is 15.3.